The molecule has 0 atom stereocenters. The SMILES string of the molecule is Cc1ccc(F)c(CNc2cc(NC3CC3)n3ncc(/C=C4\NC(=O)NC4=O)c3n2)c1Cl. The third kappa shape index (κ3) is 3.84. The minimum Gasteiger partial charge on any atom is -0.367 e. The zero-order valence-electron chi connectivity index (χ0n) is 17.0. The normalized spacial score (nSPS) is 17.0. The topological polar surface area (TPSA) is 112 Å². The van der Waals surface area contributed by atoms with E-state index in [1.165, 1.54) is 12.1 Å². The highest BCUT2D eigenvalue weighted by molar-refractivity contribution is 6.32. The lowest BCUT2D eigenvalue weighted by atomic mass is 10.1. The summed E-state index contributed by atoms with van der Waals surface area (Å²) < 4.78 is 15.9. The van der Waals surface area contributed by atoms with E-state index in [1.54, 1.807) is 22.8 Å². The van der Waals surface area contributed by atoms with Crippen LogP contribution in [0, 0.1) is 12.7 Å². The molecule has 0 bridgehead atoms. The van der Waals surface area contributed by atoms with E-state index >= 15 is 0 Å². The molecular formula is C21H19ClFN7O2. The predicted molar refractivity (Wildman–Crippen MR) is 118 cm³/mol. The molecule has 164 valence electrons. The molecule has 9 nitrogen and oxygen atoms in total. The number of aromatic nitrogens is 3. The number of hydrogen-bond acceptors (Lipinski definition) is 6. The Hall–Kier alpha value is -3.66. The molecule has 1 aromatic carbocycles. The van der Waals surface area contributed by atoms with Gasteiger partial charge in [0.25, 0.3) is 5.91 Å². The van der Waals surface area contributed by atoms with E-state index in [4.69, 9.17) is 11.6 Å². The van der Waals surface area contributed by atoms with Crippen molar-refractivity contribution in [2.45, 2.75) is 32.4 Å². The maximum absolute atomic E-state index is 14.3. The first-order valence-corrected chi connectivity index (χ1v) is 10.4. The molecule has 1 aliphatic heterocycles. The molecule has 11 heteroatoms. The fourth-order valence-electron chi connectivity index (χ4n) is 3.41. The van der Waals surface area contributed by atoms with Gasteiger partial charge in [0, 0.05) is 29.8 Å². The van der Waals surface area contributed by atoms with Gasteiger partial charge in [-0.2, -0.15) is 9.61 Å². The van der Waals surface area contributed by atoms with E-state index in [0.29, 0.717) is 39.5 Å². The third-order valence-electron chi connectivity index (χ3n) is 5.27. The number of imide groups is 1. The molecule has 3 aromatic rings. The summed E-state index contributed by atoms with van der Waals surface area (Å²) in [4.78, 5) is 27.9. The van der Waals surface area contributed by atoms with Crippen molar-refractivity contribution in [2.24, 2.45) is 0 Å². The fraction of sp³-hybridized carbons (Fsp3) is 0.238. The number of rotatable bonds is 6. The van der Waals surface area contributed by atoms with Crippen LogP contribution in [0.15, 0.2) is 30.1 Å². The molecule has 4 N–H and O–H groups in total. The van der Waals surface area contributed by atoms with Gasteiger partial charge in [0.1, 0.15) is 23.1 Å². The summed E-state index contributed by atoms with van der Waals surface area (Å²) in [6.07, 6.45) is 5.19. The lowest BCUT2D eigenvalue weighted by Gasteiger charge is -2.13. The summed E-state index contributed by atoms with van der Waals surface area (Å²) in [6, 6.07) is 4.58. The van der Waals surface area contributed by atoms with Crippen LogP contribution in [-0.4, -0.2) is 32.6 Å². The maximum Gasteiger partial charge on any atom is 0.326 e. The lowest BCUT2D eigenvalue weighted by molar-refractivity contribution is -0.115. The summed E-state index contributed by atoms with van der Waals surface area (Å²) >= 11 is 6.29. The van der Waals surface area contributed by atoms with Crippen LogP contribution in [0.25, 0.3) is 11.7 Å². The van der Waals surface area contributed by atoms with Gasteiger partial charge in [-0.1, -0.05) is 17.7 Å². The van der Waals surface area contributed by atoms with Crippen LogP contribution in [-0.2, 0) is 11.3 Å². The van der Waals surface area contributed by atoms with Crippen LogP contribution in [0.4, 0.5) is 20.8 Å². The van der Waals surface area contributed by atoms with Crippen molar-refractivity contribution in [1.82, 2.24) is 25.2 Å². The van der Waals surface area contributed by atoms with E-state index < -0.39 is 17.8 Å². The van der Waals surface area contributed by atoms with E-state index in [2.05, 4.69) is 31.3 Å². The van der Waals surface area contributed by atoms with Gasteiger partial charge in [-0.3, -0.25) is 10.1 Å². The molecule has 1 saturated heterocycles. The van der Waals surface area contributed by atoms with Crippen LogP contribution in [0.1, 0.15) is 29.5 Å². The largest absolute Gasteiger partial charge is 0.367 e. The number of fused-ring (bicyclic) bond motifs is 1. The molecule has 2 aliphatic rings. The zero-order valence-corrected chi connectivity index (χ0v) is 17.8. The molecule has 32 heavy (non-hydrogen) atoms. The van der Waals surface area contributed by atoms with Gasteiger partial charge in [0.15, 0.2) is 5.65 Å². The molecule has 5 rings (SSSR count). The van der Waals surface area contributed by atoms with Crippen molar-refractivity contribution >= 4 is 46.9 Å². The molecule has 0 unspecified atom stereocenters. The smallest absolute Gasteiger partial charge is 0.326 e. The number of urea groups is 1. The van der Waals surface area contributed by atoms with Crippen LogP contribution in [0.5, 0.6) is 0 Å². The summed E-state index contributed by atoms with van der Waals surface area (Å²) in [6.45, 7) is 1.96. The first-order valence-electron chi connectivity index (χ1n) is 10.1. The number of aryl methyl sites for hydroxylation is 1. The van der Waals surface area contributed by atoms with Gasteiger partial charge in [0.2, 0.25) is 0 Å². The first-order chi connectivity index (χ1) is 15.4. The minimum absolute atomic E-state index is 0.107. The van der Waals surface area contributed by atoms with Crippen LogP contribution >= 0.6 is 11.6 Å². The zero-order chi connectivity index (χ0) is 22.4. The Labute approximate surface area is 187 Å². The van der Waals surface area contributed by atoms with E-state index in [1.807, 2.05) is 6.92 Å². The van der Waals surface area contributed by atoms with Gasteiger partial charge in [-0.05, 0) is 37.5 Å². The van der Waals surface area contributed by atoms with E-state index in [-0.39, 0.29) is 12.2 Å². The fourth-order valence-corrected chi connectivity index (χ4v) is 3.63. The number of carbonyl (C=O) groups is 2. The molecule has 3 heterocycles. The molecule has 1 saturated carbocycles. The number of hydrogen-bond donors (Lipinski definition) is 4. The second kappa shape index (κ2) is 7.79. The summed E-state index contributed by atoms with van der Waals surface area (Å²) in [5, 5.41) is 15.9. The summed E-state index contributed by atoms with van der Waals surface area (Å²) in [7, 11) is 0. The van der Waals surface area contributed by atoms with Crippen LogP contribution < -0.4 is 21.3 Å². The Morgan fingerprint density at radius 1 is 1.31 bits per heavy atom. The van der Waals surface area contributed by atoms with E-state index in [0.717, 1.165) is 18.4 Å². The van der Waals surface area contributed by atoms with Gasteiger partial charge >= 0.3 is 6.03 Å². The predicted octanol–water partition coefficient (Wildman–Crippen LogP) is 3.20. The van der Waals surface area contributed by atoms with Gasteiger partial charge < -0.3 is 16.0 Å². The van der Waals surface area contributed by atoms with Crippen molar-refractivity contribution in [1.29, 1.82) is 0 Å². The highest BCUT2D eigenvalue weighted by Gasteiger charge is 2.25. The molecule has 1 aliphatic carbocycles. The summed E-state index contributed by atoms with van der Waals surface area (Å²) in [5.41, 5.74) is 2.25. The average molecular weight is 456 g/mol. The first kappa shape index (κ1) is 20.3. The molecule has 2 fully saturated rings. The minimum atomic E-state index is -0.582. The number of carbonyl (C=O) groups excluding carboxylic acids is 2. The second-order valence-electron chi connectivity index (χ2n) is 7.76. The highest BCUT2D eigenvalue weighted by Crippen LogP contribution is 2.29. The van der Waals surface area contributed by atoms with Crippen LogP contribution in [0.2, 0.25) is 5.02 Å². The Balaban J connectivity index is 1.51. The van der Waals surface area contributed by atoms with Crippen molar-refractivity contribution < 1.29 is 14.0 Å². The number of anilines is 2. The van der Waals surface area contributed by atoms with Crippen molar-refractivity contribution in [3.8, 4) is 0 Å². The Morgan fingerprint density at radius 2 is 2.12 bits per heavy atom. The Morgan fingerprint density at radius 3 is 2.84 bits per heavy atom. The molecule has 3 amide bonds. The monoisotopic (exact) mass is 455 g/mol. The second-order valence-corrected chi connectivity index (χ2v) is 8.14. The van der Waals surface area contributed by atoms with E-state index in [9.17, 15) is 14.0 Å². The molecule has 0 radical (unpaired) electrons. The number of benzene rings is 1. The number of nitrogens with zero attached hydrogens (tertiary/aromatic N) is 3. The molecular weight excluding hydrogens is 437 g/mol. The number of halogens is 2. The van der Waals surface area contributed by atoms with Crippen molar-refractivity contribution in [2.75, 3.05) is 10.6 Å². The summed E-state index contributed by atoms with van der Waals surface area (Å²) in [5.74, 6) is 0.269. The van der Waals surface area contributed by atoms with Gasteiger partial charge in [0.05, 0.1) is 11.2 Å². The number of nitrogens with one attached hydrogen (secondary N) is 4. The molecule has 0 spiro atoms. The van der Waals surface area contributed by atoms with Crippen LogP contribution in [0.3, 0.4) is 0 Å². The third-order valence-corrected chi connectivity index (χ3v) is 5.80. The highest BCUT2D eigenvalue weighted by atomic mass is 35.5. The Kier molecular flexibility index (Phi) is 4.93. The quantitative estimate of drug-likeness (QED) is 0.335. The van der Waals surface area contributed by atoms with Gasteiger partial charge in [-0.15, -0.1) is 0 Å². The van der Waals surface area contributed by atoms with Crippen molar-refractivity contribution in [3.63, 3.8) is 0 Å². The van der Waals surface area contributed by atoms with Crippen molar-refractivity contribution in [3.05, 3.63) is 57.6 Å². The van der Waals surface area contributed by atoms with Gasteiger partial charge in [-0.25, -0.2) is 14.2 Å². The maximum atomic E-state index is 14.3. The molecule has 2 aromatic heterocycles. The lowest BCUT2D eigenvalue weighted by Crippen LogP contribution is -2.22. The standard InChI is InChI=1S/C21H19ClFN7O2/c1-10-2-5-14(23)13(18(10)22)9-24-16-7-17(26-12-3-4-12)30-19(28-16)11(8-25-30)6-15-20(31)29-21(32)27-15/h2,5-8,12,26H,3-4,9H2,1H3,(H,24,28)(H2,27,29,31,32)/b15-6-. The average Bonchev–Trinajstić information content (AvgIpc) is 3.39. The number of amides is 3. The Bertz CT molecular complexity index is 1300.